The molecule has 1 aromatic heterocycles. The highest BCUT2D eigenvalue weighted by molar-refractivity contribution is 5.89. The zero-order valence-corrected chi connectivity index (χ0v) is 18.4. The molecular weight excluding hydrogens is 404 g/mol. The molecule has 0 radical (unpaired) electrons. The molecule has 0 saturated heterocycles. The number of carbonyl (C=O) groups is 1. The molecule has 32 heavy (non-hydrogen) atoms. The van der Waals surface area contributed by atoms with E-state index in [1.54, 1.807) is 18.3 Å². The van der Waals surface area contributed by atoms with Gasteiger partial charge in [-0.3, -0.25) is 9.89 Å². The summed E-state index contributed by atoms with van der Waals surface area (Å²) in [6.07, 6.45) is 4.07. The molecule has 8 nitrogen and oxygen atoms in total. The lowest BCUT2D eigenvalue weighted by molar-refractivity contribution is -0.134. The van der Waals surface area contributed by atoms with Crippen molar-refractivity contribution in [3.63, 3.8) is 0 Å². The summed E-state index contributed by atoms with van der Waals surface area (Å²) in [6.45, 7) is 7.36. The molecule has 164 valence electrons. The van der Waals surface area contributed by atoms with Crippen LogP contribution in [0.25, 0.3) is 10.9 Å². The van der Waals surface area contributed by atoms with Gasteiger partial charge in [0.25, 0.3) is 0 Å². The average molecular weight is 431 g/mol. The fourth-order valence-corrected chi connectivity index (χ4v) is 3.96. The number of H-pyrrole nitrogens is 1. The average Bonchev–Trinajstić information content (AvgIpc) is 3.18. The van der Waals surface area contributed by atoms with E-state index >= 15 is 0 Å². The number of ether oxygens (including phenoxy) is 1. The molecule has 3 aromatic rings. The van der Waals surface area contributed by atoms with Crippen molar-refractivity contribution >= 4 is 22.8 Å². The molecule has 1 unspecified atom stereocenters. The van der Waals surface area contributed by atoms with Gasteiger partial charge in [0.1, 0.15) is 11.8 Å². The Kier molecular flexibility index (Phi) is 5.82. The van der Waals surface area contributed by atoms with Crippen LogP contribution in [0, 0.1) is 16.9 Å². The summed E-state index contributed by atoms with van der Waals surface area (Å²) >= 11 is 0. The summed E-state index contributed by atoms with van der Waals surface area (Å²) in [5.74, 6) is 0.434. The zero-order chi connectivity index (χ0) is 22.7. The minimum atomic E-state index is -0.720. The van der Waals surface area contributed by atoms with Crippen molar-refractivity contribution in [2.75, 3.05) is 6.54 Å². The van der Waals surface area contributed by atoms with Crippen molar-refractivity contribution in [1.29, 1.82) is 5.26 Å². The largest absolute Gasteiger partial charge is 0.425 e. The lowest BCUT2D eigenvalue weighted by atomic mass is 9.95. The summed E-state index contributed by atoms with van der Waals surface area (Å²) < 4.78 is 5.76. The van der Waals surface area contributed by atoms with E-state index in [1.807, 2.05) is 41.4 Å². The summed E-state index contributed by atoms with van der Waals surface area (Å²) in [5, 5.41) is 19.9. The molecule has 4 rings (SSSR count). The Hall–Kier alpha value is -3.86. The van der Waals surface area contributed by atoms with E-state index in [0.29, 0.717) is 25.3 Å². The van der Waals surface area contributed by atoms with Gasteiger partial charge in [0.2, 0.25) is 5.91 Å². The molecule has 2 heterocycles. The molecule has 1 aliphatic rings. The minimum absolute atomic E-state index is 0.000554. The smallest absolute Gasteiger partial charge is 0.304 e. The number of amidine groups is 1. The third-order valence-electron chi connectivity index (χ3n) is 5.25. The zero-order valence-electron chi connectivity index (χ0n) is 18.4. The first-order valence-electron chi connectivity index (χ1n) is 10.5. The molecule has 0 saturated carbocycles. The Morgan fingerprint density at radius 1 is 1.31 bits per heavy atom. The minimum Gasteiger partial charge on any atom is -0.425 e. The Labute approximate surface area is 186 Å². The van der Waals surface area contributed by atoms with Crippen LogP contribution in [0.2, 0.25) is 0 Å². The molecule has 2 aromatic carbocycles. The van der Waals surface area contributed by atoms with Gasteiger partial charge in [-0.25, -0.2) is 10.3 Å². The van der Waals surface area contributed by atoms with Gasteiger partial charge in [-0.2, -0.15) is 10.4 Å². The van der Waals surface area contributed by atoms with Crippen LogP contribution in [-0.4, -0.2) is 39.6 Å². The predicted octanol–water partition coefficient (Wildman–Crippen LogP) is 3.37. The third kappa shape index (κ3) is 4.72. The molecule has 8 heteroatoms. The van der Waals surface area contributed by atoms with Crippen LogP contribution in [-0.2, 0) is 17.8 Å². The monoisotopic (exact) mass is 430 g/mol. The first-order valence-corrected chi connectivity index (χ1v) is 10.5. The Balaban J connectivity index is 1.74. The number of aromatic amines is 1. The van der Waals surface area contributed by atoms with E-state index in [9.17, 15) is 10.1 Å². The van der Waals surface area contributed by atoms with E-state index in [2.05, 4.69) is 41.3 Å². The number of benzene rings is 2. The maximum Gasteiger partial charge on any atom is 0.304 e. The lowest BCUT2D eigenvalue weighted by Crippen LogP contribution is -2.42. The maximum absolute atomic E-state index is 13.6. The number of hydrogen-bond acceptors (Lipinski definition) is 5. The number of aromatic nitrogens is 2. The van der Waals surface area contributed by atoms with Gasteiger partial charge < -0.3 is 9.64 Å². The maximum atomic E-state index is 13.6. The van der Waals surface area contributed by atoms with Gasteiger partial charge in [-0.05, 0) is 34.7 Å². The van der Waals surface area contributed by atoms with E-state index < -0.39 is 6.04 Å². The van der Waals surface area contributed by atoms with Crippen LogP contribution >= 0.6 is 0 Å². The van der Waals surface area contributed by atoms with Crippen LogP contribution in [0.15, 0.2) is 53.7 Å². The van der Waals surface area contributed by atoms with Crippen molar-refractivity contribution in [1.82, 2.24) is 20.4 Å². The van der Waals surface area contributed by atoms with Gasteiger partial charge in [-0.1, -0.05) is 45.0 Å². The van der Waals surface area contributed by atoms with E-state index in [0.717, 1.165) is 22.0 Å². The predicted molar refractivity (Wildman–Crippen MR) is 122 cm³/mol. The lowest BCUT2D eigenvalue weighted by Gasteiger charge is -2.30. The highest BCUT2D eigenvalue weighted by atomic mass is 16.5. The number of nitrogens with one attached hydrogen (secondary N) is 2. The number of nitrogens with zero attached hydrogens (tertiary/aromatic N) is 4. The van der Waals surface area contributed by atoms with Gasteiger partial charge >= 0.3 is 6.02 Å². The van der Waals surface area contributed by atoms with Crippen LogP contribution in [0.3, 0.4) is 0 Å². The van der Waals surface area contributed by atoms with Gasteiger partial charge in [-0.15, -0.1) is 0 Å². The number of amides is 1. The number of fused-ring (bicyclic) bond motifs is 3. The van der Waals surface area contributed by atoms with E-state index in [4.69, 9.17) is 4.74 Å². The molecule has 0 spiro atoms. The molecular formula is C24H26N6O2. The van der Waals surface area contributed by atoms with Crippen molar-refractivity contribution in [3.8, 4) is 11.9 Å². The normalized spacial score (nSPS) is 16.9. The Bertz CT molecular complexity index is 1190. The van der Waals surface area contributed by atoms with Gasteiger partial charge in [0.15, 0.2) is 6.19 Å². The van der Waals surface area contributed by atoms with E-state index in [-0.39, 0.29) is 17.3 Å². The summed E-state index contributed by atoms with van der Waals surface area (Å²) in [5.41, 5.74) is 2.96. The molecule has 1 amide bonds. The fourth-order valence-electron chi connectivity index (χ4n) is 3.96. The number of rotatable bonds is 3. The molecule has 2 N–H and O–H groups in total. The van der Waals surface area contributed by atoms with Crippen LogP contribution in [0.1, 0.15) is 31.9 Å². The molecule has 1 atom stereocenters. The summed E-state index contributed by atoms with van der Waals surface area (Å²) in [6, 6.07) is 12.3. The number of nitriles is 1. The molecule has 1 aliphatic heterocycles. The standard InChI is InChI=1S/C24H26N6O2/c1-24(2,3)14-30-13-19-16(9-10-20-18(19)12-27-29-20)11-21(22(30)31)28-23(26-15-25)32-17-7-5-4-6-8-17/h4-10,12,21H,11,13-14H2,1-3H3,(H,26,28)(H,27,29). The second kappa shape index (κ2) is 8.71. The fraction of sp³-hybridized carbons (Fsp3) is 0.333. The van der Waals surface area contributed by atoms with Crippen molar-refractivity contribution < 1.29 is 9.53 Å². The molecule has 0 aliphatic carbocycles. The van der Waals surface area contributed by atoms with Gasteiger partial charge in [0.05, 0.1) is 11.7 Å². The van der Waals surface area contributed by atoms with Gasteiger partial charge in [0, 0.05) is 24.9 Å². The van der Waals surface area contributed by atoms with Crippen LogP contribution in [0.4, 0.5) is 0 Å². The highest BCUT2D eigenvalue weighted by Crippen LogP contribution is 2.29. The Morgan fingerprint density at radius 3 is 2.81 bits per heavy atom. The van der Waals surface area contributed by atoms with Crippen LogP contribution < -0.4 is 10.1 Å². The summed E-state index contributed by atoms with van der Waals surface area (Å²) in [7, 11) is 0. The SMILES string of the molecule is CC(C)(C)CN1Cc2c(ccc3[nH]ncc23)CC(N=C(NC#N)Oc2ccccc2)C1=O. The number of para-hydroxylation sites is 1. The molecule has 0 bridgehead atoms. The summed E-state index contributed by atoms with van der Waals surface area (Å²) in [4.78, 5) is 20.0. The Morgan fingerprint density at radius 2 is 2.09 bits per heavy atom. The topological polar surface area (TPSA) is 106 Å². The van der Waals surface area contributed by atoms with Crippen molar-refractivity contribution in [2.24, 2.45) is 10.4 Å². The number of hydrogen-bond donors (Lipinski definition) is 2. The third-order valence-corrected chi connectivity index (χ3v) is 5.25. The first-order chi connectivity index (χ1) is 15.3. The number of carbonyl (C=O) groups excluding carboxylic acids is 1. The molecule has 0 fully saturated rings. The van der Waals surface area contributed by atoms with Crippen LogP contribution in [0.5, 0.6) is 5.75 Å². The number of aliphatic imine (C=N–C) groups is 1. The van der Waals surface area contributed by atoms with Crippen molar-refractivity contribution in [3.05, 3.63) is 59.8 Å². The van der Waals surface area contributed by atoms with E-state index in [1.165, 1.54) is 0 Å². The van der Waals surface area contributed by atoms with Crippen molar-refractivity contribution in [2.45, 2.75) is 39.8 Å². The second-order valence-corrected chi connectivity index (χ2v) is 9.10. The quantitative estimate of drug-likeness (QED) is 0.287. The highest BCUT2D eigenvalue weighted by Gasteiger charge is 2.33. The second-order valence-electron chi connectivity index (χ2n) is 9.10. The first kappa shape index (κ1) is 21.4.